The number of aromatic amines is 1. The summed E-state index contributed by atoms with van der Waals surface area (Å²) in [5.74, 6) is 0.725. The second-order valence-corrected chi connectivity index (χ2v) is 9.36. The molecule has 0 saturated carbocycles. The lowest BCUT2D eigenvalue weighted by atomic mass is 9.80. The third-order valence-electron chi connectivity index (χ3n) is 6.98. The molecular formula is C30H30N2O6. The fourth-order valence-corrected chi connectivity index (χ4v) is 4.96. The topological polar surface area (TPSA) is 103 Å². The monoisotopic (exact) mass is 514 g/mol. The number of aryl methyl sites for hydroxylation is 1. The minimum atomic E-state index is -1.01. The number of ether oxygens (including phenoxy) is 3. The van der Waals surface area contributed by atoms with Crippen LogP contribution in [0.5, 0.6) is 5.75 Å². The van der Waals surface area contributed by atoms with Crippen LogP contribution in [0.1, 0.15) is 34.9 Å². The highest BCUT2D eigenvalue weighted by molar-refractivity contribution is 5.48. The number of aliphatic hydroxyl groups excluding tert-OH is 1. The molecule has 0 spiro atoms. The third kappa shape index (κ3) is 4.81. The van der Waals surface area contributed by atoms with Gasteiger partial charge in [0.05, 0.1) is 19.8 Å². The molecule has 38 heavy (non-hydrogen) atoms. The molecule has 196 valence electrons. The van der Waals surface area contributed by atoms with Gasteiger partial charge in [0.2, 0.25) is 0 Å². The quantitative estimate of drug-likeness (QED) is 0.349. The minimum Gasteiger partial charge on any atom is -0.497 e. The number of aromatic nitrogens is 2. The van der Waals surface area contributed by atoms with Crippen molar-refractivity contribution in [1.29, 1.82) is 0 Å². The largest absolute Gasteiger partial charge is 0.497 e. The van der Waals surface area contributed by atoms with Crippen LogP contribution >= 0.6 is 0 Å². The first-order valence-corrected chi connectivity index (χ1v) is 12.5. The Labute approximate surface area is 220 Å². The molecule has 5 rings (SSSR count). The van der Waals surface area contributed by atoms with E-state index in [-0.39, 0.29) is 13.0 Å². The molecule has 4 aromatic rings. The molecule has 1 aromatic heterocycles. The van der Waals surface area contributed by atoms with Crippen molar-refractivity contribution in [3.8, 4) is 5.75 Å². The molecule has 1 fully saturated rings. The molecule has 1 saturated heterocycles. The van der Waals surface area contributed by atoms with Crippen LogP contribution < -0.4 is 16.0 Å². The van der Waals surface area contributed by atoms with Gasteiger partial charge in [0.1, 0.15) is 23.7 Å². The fourth-order valence-electron chi connectivity index (χ4n) is 4.96. The Kier molecular flexibility index (Phi) is 7.28. The fraction of sp³-hybridized carbons (Fsp3) is 0.267. The zero-order valence-electron chi connectivity index (χ0n) is 21.2. The Hall–Kier alpha value is -3.98. The number of hydrogen-bond acceptors (Lipinski definition) is 6. The standard InChI is InChI=1S/C30H30N2O6/c1-20-18-32(29(35)31-28(20)34)27-17-25(33)26(38-27)19-37-30(21-9-5-3-6-10-21,22-11-7-4-8-12-22)23-13-15-24(36-2)16-14-23/h3-16,18,25-27,33H,17,19H2,1-2H3,(H,31,34,35)/t25-,26+,27+/m0/s1. The maximum atomic E-state index is 12.4. The smallest absolute Gasteiger partial charge is 0.330 e. The average molecular weight is 515 g/mol. The molecule has 2 N–H and O–H groups in total. The maximum Gasteiger partial charge on any atom is 0.330 e. The number of rotatable bonds is 8. The zero-order chi connectivity index (χ0) is 26.7. The average Bonchev–Trinajstić information content (AvgIpc) is 3.32. The van der Waals surface area contributed by atoms with E-state index in [9.17, 15) is 14.7 Å². The van der Waals surface area contributed by atoms with Crippen LogP contribution in [0.15, 0.2) is 101 Å². The van der Waals surface area contributed by atoms with Crippen molar-refractivity contribution < 1.29 is 19.3 Å². The molecular weight excluding hydrogens is 484 g/mol. The van der Waals surface area contributed by atoms with Crippen LogP contribution in [0.25, 0.3) is 0 Å². The number of nitrogens with one attached hydrogen (secondary N) is 1. The maximum absolute atomic E-state index is 12.4. The first-order valence-electron chi connectivity index (χ1n) is 12.5. The highest BCUT2D eigenvalue weighted by Gasteiger charge is 2.42. The van der Waals surface area contributed by atoms with E-state index in [4.69, 9.17) is 14.2 Å². The molecule has 3 atom stereocenters. The first-order chi connectivity index (χ1) is 18.4. The van der Waals surface area contributed by atoms with Gasteiger partial charge in [0.25, 0.3) is 5.56 Å². The van der Waals surface area contributed by atoms with Crippen LogP contribution in [0.3, 0.4) is 0 Å². The van der Waals surface area contributed by atoms with Gasteiger partial charge >= 0.3 is 5.69 Å². The lowest BCUT2D eigenvalue weighted by Gasteiger charge is -2.37. The lowest BCUT2D eigenvalue weighted by molar-refractivity contribution is -0.0944. The predicted octanol–water partition coefficient (Wildman–Crippen LogP) is 3.51. The van der Waals surface area contributed by atoms with Gasteiger partial charge in [-0.15, -0.1) is 0 Å². The Morgan fingerprint density at radius 3 is 2.11 bits per heavy atom. The van der Waals surface area contributed by atoms with Gasteiger partial charge in [-0.05, 0) is 35.7 Å². The van der Waals surface area contributed by atoms with Gasteiger partial charge in [-0.1, -0.05) is 72.8 Å². The number of aliphatic hydroxyl groups is 1. The van der Waals surface area contributed by atoms with Gasteiger partial charge in [-0.3, -0.25) is 14.3 Å². The van der Waals surface area contributed by atoms with Crippen LogP contribution in [-0.2, 0) is 15.1 Å². The zero-order valence-corrected chi connectivity index (χ0v) is 21.2. The summed E-state index contributed by atoms with van der Waals surface area (Å²) in [6.07, 6.45) is -0.669. The lowest BCUT2D eigenvalue weighted by Crippen LogP contribution is -2.38. The highest BCUT2D eigenvalue weighted by Crippen LogP contribution is 2.42. The summed E-state index contributed by atoms with van der Waals surface area (Å²) in [4.78, 5) is 26.5. The van der Waals surface area contributed by atoms with E-state index in [1.54, 1.807) is 14.0 Å². The van der Waals surface area contributed by atoms with Crippen molar-refractivity contribution in [2.75, 3.05) is 13.7 Å². The summed E-state index contributed by atoms with van der Waals surface area (Å²) in [5.41, 5.74) is 1.05. The van der Waals surface area contributed by atoms with E-state index in [2.05, 4.69) is 4.98 Å². The summed E-state index contributed by atoms with van der Waals surface area (Å²) in [7, 11) is 1.62. The number of H-pyrrole nitrogens is 1. The van der Waals surface area contributed by atoms with Crippen molar-refractivity contribution in [3.05, 3.63) is 134 Å². The van der Waals surface area contributed by atoms with Crippen molar-refractivity contribution in [1.82, 2.24) is 9.55 Å². The van der Waals surface area contributed by atoms with Crippen molar-refractivity contribution in [2.24, 2.45) is 0 Å². The van der Waals surface area contributed by atoms with Gasteiger partial charge < -0.3 is 19.3 Å². The Balaban J connectivity index is 1.52. The highest BCUT2D eigenvalue weighted by atomic mass is 16.6. The van der Waals surface area contributed by atoms with E-state index >= 15 is 0 Å². The Bertz CT molecular complexity index is 1440. The van der Waals surface area contributed by atoms with Gasteiger partial charge in [-0.25, -0.2) is 4.79 Å². The van der Waals surface area contributed by atoms with Crippen LogP contribution in [0, 0.1) is 6.92 Å². The Morgan fingerprint density at radius 1 is 0.947 bits per heavy atom. The second kappa shape index (κ2) is 10.8. The minimum absolute atomic E-state index is 0.0462. The molecule has 0 unspecified atom stereocenters. The molecule has 2 heterocycles. The predicted molar refractivity (Wildman–Crippen MR) is 142 cm³/mol. The van der Waals surface area contributed by atoms with Gasteiger partial charge in [-0.2, -0.15) is 0 Å². The number of benzene rings is 3. The van der Waals surface area contributed by atoms with E-state index in [0.717, 1.165) is 22.4 Å². The van der Waals surface area contributed by atoms with E-state index < -0.39 is 35.3 Å². The van der Waals surface area contributed by atoms with Crippen molar-refractivity contribution >= 4 is 0 Å². The number of hydrogen-bond donors (Lipinski definition) is 2. The normalized spacial score (nSPS) is 19.4. The molecule has 0 amide bonds. The Morgan fingerprint density at radius 2 is 1.53 bits per heavy atom. The van der Waals surface area contributed by atoms with Crippen molar-refractivity contribution in [3.63, 3.8) is 0 Å². The van der Waals surface area contributed by atoms with E-state index in [1.165, 1.54) is 10.8 Å². The second-order valence-electron chi connectivity index (χ2n) is 9.36. The van der Waals surface area contributed by atoms with Crippen molar-refractivity contribution in [2.45, 2.75) is 37.4 Å². The summed E-state index contributed by atoms with van der Waals surface area (Å²) < 4.78 is 19.6. The molecule has 8 heteroatoms. The first kappa shape index (κ1) is 25.7. The molecule has 0 aliphatic carbocycles. The SMILES string of the molecule is COc1ccc(C(OC[C@H]2O[C@@H](n3cc(C)c(=O)[nH]c3=O)C[C@@H]2O)(c2ccccc2)c2ccccc2)cc1. The van der Waals surface area contributed by atoms with E-state index in [0.29, 0.717) is 5.56 Å². The molecule has 3 aromatic carbocycles. The molecule has 0 radical (unpaired) electrons. The summed E-state index contributed by atoms with van der Waals surface area (Å²) in [5, 5.41) is 10.9. The summed E-state index contributed by atoms with van der Waals surface area (Å²) >= 11 is 0. The molecule has 1 aliphatic heterocycles. The molecule has 1 aliphatic rings. The molecule has 8 nitrogen and oxygen atoms in total. The van der Waals surface area contributed by atoms with Crippen LogP contribution in [-0.4, -0.2) is 40.6 Å². The van der Waals surface area contributed by atoms with Gasteiger partial charge in [0, 0.05) is 18.2 Å². The van der Waals surface area contributed by atoms with Crippen LogP contribution in [0.2, 0.25) is 0 Å². The summed E-state index contributed by atoms with van der Waals surface area (Å²) in [6.45, 7) is 1.66. The number of nitrogens with zero attached hydrogens (tertiary/aromatic N) is 1. The van der Waals surface area contributed by atoms with E-state index in [1.807, 2.05) is 84.9 Å². The van der Waals surface area contributed by atoms with Crippen LogP contribution in [0.4, 0.5) is 0 Å². The van der Waals surface area contributed by atoms with Gasteiger partial charge in [0.15, 0.2) is 0 Å². The third-order valence-corrected chi connectivity index (χ3v) is 6.98. The number of methoxy groups -OCH3 is 1. The molecule has 0 bridgehead atoms. The summed E-state index contributed by atoms with van der Waals surface area (Å²) in [6, 6.07) is 27.5.